The molecule has 0 aliphatic heterocycles. The van der Waals surface area contributed by atoms with E-state index in [1.165, 1.54) is 30.3 Å². The third-order valence-electron chi connectivity index (χ3n) is 3.61. The van der Waals surface area contributed by atoms with Crippen LogP contribution in [0.5, 0.6) is 0 Å². The van der Waals surface area contributed by atoms with Crippen LogP contribution in [0, 0.1) is 0 Å². The Kier molecular flexibility index (Phi) is 4.01. The Labute approximate surface area is 139 Å². The summed E-state index contributed by atoms with van der Waals surface area (Å²) in [7, 11) is 0. The number of carbonyl (C=O) groups excluding carboxylic acids is 2. The lowest BCUT2D eigenvalue weighted by Crippen LogP contribution is -2.18. The van der Waals surface area contributed by atoms with E-state index in [4.69, 9.17) is 11.6 Å². The van der Waals surface area contributed by atoms with Crippen molar-refractivity contribution >= 4 is 23.2 Å². The number of nitrogens with zero attached hydrogens (tertiary/aromatic N) is 1. The molecule has 7 heteroatoms. The topological polar surface area (TPSA) is 47.0 Å². The highest BCUT2D eigenvalue weighted by molar-refractivity contribution is 6.32. The summed E-state index contributed by atoms with van der Waals surface area (Å²) in [6.07, 6.45) is -2.61. The first-order valence-electron chi connectivity index (χ1n) is 6.87. The third-order valence-corrected chi connectivity index (χ3v) is 3.85. The van der Waals surface area contributed by atoms with Crippen molar-refractivity contribution in [3.63, 3.8) is 0 Å². The number of hydrogen-bond acceptors (Lipinski definition) is 3. The summed E-state index contributed by atoms with van der Waals surface area (Å²) in [6, 6.07) is 6.47. The fraction of sp³-hybridized carbons (Fsp3) is 0.118. The van der Waals surface area contributed by atoms with Gasteiger partial charge in [-0.15, -0.1) is 0 Å². The van der Waals surface area contributed by atoms with Gasteiger partial charge in [-0.05, 0) is 36.4 Å². The maximum Gasteiger partial charge on any atom is 0.417 e. The van der Waals surface area contributed by atoms with Gasteiger partial charge in [0, 0.05) is 40.0 Å². The summed E-state index contributed by atoms with van der Waals surface area (Å²) in [5, 5.41) is 0.344. The molecule has 0 N–H and O–H groups in total. The first-order valence-corrected chi connectivity index (χ1v) is 7.25. The highest BCUT2D eigenvalue weighted by atomic mass is 35.5. The van der Waals surface area contributed by atoms with Crippen LogP contribution >= 0.6 is 11.6 Å². The van der Waals surface area contributed by atoms with Crippen molar-refractivity contribution in [2.24, 2.45) is 0 Å². The van der Waals surface area contributed by atoms with Crippen LogP contribution in [0.1, 0.15) is 32.0 Å². The van der Waals surface area contributed by atoms with Crippen molar-refractivity contribution in [3.8, 4) is 0 Å². The first kappa shape index (κ1) is 16.4. The Morgan fingerprint density at radius 1 is 1.04 bits per heavy atom. The minimum absolute atomic E-state index is 0.0230. The van der Waals surface area contributed by atoms with Crippen molar-refractivity contribution in [2.45, 2.75) is 12.6 Å². The third kappa shape index (κ3) is 3.10. The fourth-order valence-corrected chi connectivity index (χ4v) is 2.59. The Morgan fingerprint density at radius 3 is 2.42 bits per heavy atom. The lowest BCUT2D eigenvalue weighted by atomic mass is 9.87. The minimum atomic E-state index is -4.47. The number of allylic oxidation sites excluding steroid dienone is 2. The Bertz CT molecular complexity index is 870. The molecule has 0 atom stereocenters. The normalized spacial score (nSPS) is 14.4. The van der Waals surface area contributed by atoms with Gasteiger partial charge < -0.3 is 0 Å². The first-order chi connectivity index (χ1) is 11.3. The minimum Gasteiger partial charge on any atom is -0.289 e. The molecule has 0 saturated carbocycles. The number of halogens is 4. The Hall–Kier alpha value is -2.47. The number of Topliss-reactive ketones (excluding diaryl/α,β-unsaturated/α-hetero) is 1. The van der Waals surface area contributed by atoms with E-state index in [0.717, 1.165) is 6.07 Å². The average Bonchev–Trinajstić information content (AvgIpc) is 2.52. The molecule has 1 heterocycles. The predicted molar refractivity (Wildman–Crippen MR) is 81.1 cm³/mol. The number of pyridine rings is 1. The second-order valence-electron chi connectivity index (χ2n) is 5.27. The van der Waals surface area contributed by atoms with Gasteiger partial charge in [0.15, 0.2) is 11.6 Å². The lowest BCUT2D eigenvalue weighted by molar-refractivity contribution is -0.137. The predicted octanol–water partition coefficient (Wildman–Crippen LogP) is 4.30. The summed E-state index contributed by atoms with van der Waals surface area (Å²) in [6.45, 7) is 0. The van der Waals surface area contributed by atoms with Crippen LogP contribution in [-0.2, 0) is 12.6 Å². The average molecular weight is 352 g/mol. The van der Waals surface area contributed by atoms with Gasteiger partial charge in [0.05, 0.1) is 5.56 Å². The van der Waals surface area contributed by atoms with E-state index >= 15 is 0 Å². The molecule has 3 rings (SSSR count). The van der Waals surface area contributed by atoms with Crippen LogP contribution in [0.25, 0.3) is 0 Å². The van der Waals surface area contributed by atoms with Gasteiger partial charge in [-0.1, -0.05) is 11.6 Å². The van der Waals surface area contributed by atoms with Crippen LogP contribution in [0.3, 0.4) is 0 Å². The molecule has 0 bridgehead atoms. The van der Waals surface area contributed by atoms with Gasteiger partial charge in [0.2, 0.25) is 0 Å². The summed E-state index contributed by atoms with van der Waals surface area (Å²) in [5.41, 5.74) is 0.0339. The van der Waals surface area contributed by atoms with Crippen LogP contribution < -0.4 is 0 Å². The Morgan fingerprint density at radius 2 is 1.79 bits per heavy atom. The second kappa shape index (κ2) is 5.87. The van der Waals surface area contributed by atoms with E-state index in [1.54, 1.807) is 0 Å². The van der Waals surface area contributed by atoms with Crippen molar-refractivity contribution < 1.29 is 22.8 Å². The van der Waals surface area contributed by atoms with Gasteiger partial charge in [-0.25, -0.2) is 0 Å². The highest BCUT2D eigenvalue weighted by Gasteiger charge is 2.31. The molecule has 2 aromatic rings. The number of rotatable bonds is 2. The second-order valence-corrected chi connectivity index (χ2v) is 5.70. The molecule has 3 nitrogen and oxygen atoms in total. The SMILES string of the molecule is O=C1C=C(Cc2ccc(C(F)(F)F)cn2)C(=O)c2ccc(Cl)cc21. The van der Waals surface area contributed by atoms with Crippen molar-refractivity contribution in [1.82, 2.24) is 4.98 Å². The zero-order chi connectivity index (χ0) is 17.5. The van der Waals surface area contributed by atoms with Crippen molar-refractivity contribution in [2.75, 3.05) is 0 Å². The van der Waals surface area contributed by atoms with E-state index < -0.39 is 11.7 Å². The van der Waals surface area contributed by atoms with E-state index in [-0.39, 0.29) is 40.4 Å². The zero-order valence-electron chi connectivity index (χ0n) is 12.0. The highest BCUT2D eigenvalue weighted by Crippen LogP contribution is 2.29. The smallest absolute Gasteiger partial charge is 0.289 e. The molecule has 24 heavy (non-hydrogen) atoms. The molecule has 1 aromatic heterocycles. The van der Waals surface area contributed by atoms with Crippen LogP contribution in [0.2, 0.25) is 5.02 Å². The standard InChI is InChI=1S/C17H9ClF3NO2/c18-11-2-4-13-14(7-11)15(23)6-9(16(13)24)5-12-3-1-10(8-22-12)17(19,20)21/h1-4,6-8H,5H2. The summed E-state index contributed by atoms with van der Waals surface area (Å²) in [5.74, 6) is -0.725. The zero-order valence-corrected chi connectivity index (χ0v) is 12.8. The van der Waals surface area contributed by atoms with Gasteiger partial charge in [-0.3, -0.25) is 14.6 Å². The molecular weight excluding hydrogens is 343 g/mol. The largest absolute Gasteiger partial charge is 0.417 e. The molecular formula is C17H9ClF3NO2. The van der Waals surface area contributed by atoms with Crippen molar-refractivity contribution in [1.29, 1.82) is 0 Å². The molecule has 0 fully saturated rings. The number of fused-ring (bicyclic) bond motifs is 1. The summed E-state index contributed by atoms with van der Waals surface area (Å²) < 4.78 is 37.6. The summed E-state index contributed by atoms with van der Waals surface area (Å²) >= 11 is 5.82. The quantitative estimate of drug-likeness (QED) is 0.810. The number of alkyl halides is 3. The molecule has 0 saturated heterocycles. The monoisotopic (exact) mass is 351 g/mol. The maximum atomic E-state index is 12.5. The molecule has 122 valence electrons. The van der Waals surface area contributed by atoms with E-state index in [1.807, 2.05) is 0 Å². The number of aromatic nitrogens is 1. The summed E-state index contributed by atoms with van der Waals surface area (Å²) in [4.78, 5) is 28.3. The van der Waals surface area contributed by atoms with Crippen LogP contribution in [0.4, 0.5) is 13.2 Å². The number of hydrogen-bond donors (Lipinski definition) is 0. The van der Waals surface area contributed by atoms with E-state index in [0.29, 0.717) is 11.2 Å². The molecule has 1 aromatic carbocycles. The molecule has 0 unspecified atom stereocenters. The fourth-order valence-electron chi connectivity index (χ4n) is 2.42. The number of carbonyl (C=O) groups is 2. The van der Waals surface area contributed by atoms with Gasteiger partial charge in [0.1, 0.15) is 0 Å². The van der Waals surface area contributed by atoms with Gasteiger partial charge in [-0.2, -0.15) is 13.2 Å². The van der Waals surface area contributed by atoms with Crippen molar-refractivity contribution in [3.05, 3.63) is 75.6 Å². The molecule has 1 aliphatic rings. The number of benzene rings is 1. The Balaban J connectivity index is 1.88. The van der Waals surface area contributed by atoms with Gasteiger partial charge >= 0.3 is 6.18 Å². The van der Waals surface area contributed by atoms with E-state index in [9.17, 15) is 22.8 Å². The van der Waals surface area contributed by atoms with E-state index in [2.05, 4.69) is 4.98 Å². The maximum absolute atomic E-state index is 12.5. The molecule has 0 spiro atoms. The number of ketones is 2. The lowest BCUT2D eigenvalue weighted by Gasteiger charge is -2.15. The van der Waals surface area contributed by atoms with Gasteiger partial charge in [0.25, 0.3) is 0 Å². The van der Waals surface area contributed by atoms with Crippen LogP contribution in [-0.4, -0.2) is 16.6 Å². The molecule has 1 aliphatic carbocycles. The molecule has 0 radical (unpaired) electrons. The van der Waals surface area contributed by atoms with Crippen LogP contribution in [0.15, 0.2) is 48.2 Å². The molecule has 0 amide bonds.